The Balaban J connectivity index is 1.59. The number of hydrogen-bond donors (Lipinski definition) is 3. The molecule has 1 saturated carbocycles. The van der Waals surface area contributed by atoms with Gasteiger partial charge in [-0.3, -0.25) is 9.59 Å². The molecule has 0 unspecified atom stereocenters. The van der Waals surface area contributed by atoms with Crippen molar-refractivity contribution in [2.75, 3.05) is 0 Å². The zero-order valence-corrected chi connectivity index (χ0v) is 13.6. The molecule has 1 aliphatic rings. The van der Waals surface area contributed by atoms with Crippen LogP contribution in [0.15, 0.2) is 41.6 Å². The second-order valence-electron chi connectivity index (χ2n) is 6.44. The molecule has 1 fully saturated rings. The molecule has 9 heteroatoms. The summed E-state index contributed by atoms with van der Waals surface area (Å²) in [6.45, 7) is -0.174. The van der Waals surface area contributed by atoms with Crippen molar-refractivity contribution in [3.8, 4) is 0 Å². The highest BCUT2D eigenvalue weighted by atomic mass is 19.1. The van der Waals surface area contributed by atoms with Gasteiger partial charge in [-0.25, -0.2) is 14.1 Å². The summed E-state index contributed by atoms with van der Waals surface area (Å²) >= 11 is 0. The van der Waals surface area contributed by atoms with Gasteiger partial charge < -0.3 is 15.4 Å². The third kappa shape index (κ3) is 2.66. The van der Waals surface area contributed by atoms with Crippen LogP contribution >= 0.6 is 0 Å². The van der Waals surface area contributed by atoms with Gasteiger partial charge in [0.2, 0.25) is 5.91 Å². The number of aliphatic hydroxyl groups excluding tert-OH is 1. The van der Waals surface area contributed by atoms with Crippen molar-refractivity contribution in [1.29, 1.82) is 0 Å². The van der Waals surface area contributed by atoms with Gasteiger partial charge in [-0.05, 0) is 6.07 Å². The van der Waals surface area contributed by atoms with Crippen molar-refractivity contribution in [3.63, 3.8) is 0 Å². The van der Waals surface area contributed by atoms with E-state index in [1.54, 1.807) is 18.2 Å². The van der Waals surface area contributed by atoms with Crippen LogP contribution in [-0.4, -0.2) is 36.9 Å². The van der Waals surface area contributed by atoms with Crippen LogP contribution in [0.5, 0.6) is 0 Å². The van der Waals surface area contributed by atoms with E-state index in [1.165, 1.54) is 23.3 Å². The number of aliphatic hydroxyl groups is 1. The minimum absolute atomic E-state index is 0.174. The van der Waals surface area contributed by atoms with Crippen LogP contribution in [0.25, 0.3) is 11.0 Å². The summed E-state index contributed by atoms with van der Waals surface area (Å²) in [5, 5.41) is 16.9. The predicted octanol–water partition coefficient (Wildman–Crippen LogP) is 0.425. The Labute approximate surface area is 146 Å². The topological polar surface area (TPSA) is 113 Å². The summed E-state index contributed by atoms with van der Waals surface area (Å²) in [6, 6.07) is 6.19. The number of nitrogens with one attached hydrogen (secondary N) is 2. The van der Waals surface area contributed by atoms with Crippen molar-refractivity contribution in [1.82, 2.24) is 25.1 Å². The lowest BCUT2D eigenvalue weighted by atomic mass is 9.69. The normalized spacial score (nSPS) is 22.2. The summed E-state index contributed by atoms with van der Waals surface area (Å²) in [6.07, 6.45) is 2.45. The molecular formula is C17H16FN5O3. The molecule has 8 nitrogen and oxygen atoms in total. The van der Waals surface area contributed by atoms with Crippen LogP contribution in [0.2, 0.25) is 0 Å². The second kappa shape index (κ2) is 6.03. The SMILES string of the molecule is O=C(Cn1ncc2c(=O)[nH]cnc21)NC1(c2ccccc2F)CC(O)C1. The average molecular weight is 357 g/mol. The first kappa shape index (κ1) is 16.4. The van der Waals surface area contributed by atoms with Gasteiger partial charge in [-0.2, -0.15) is 5.10 Å². The average Bonchev–Trinajstić information content (AvgIpc) is 2.98. The van der Waals surface area contributed by atoms with Crippen molar-refractivity contribution in [2.24, 2.45) is 0 Å². The molecule has 1 aromatic carbocycles. The molecule has 0 bridgehead atoms. The number of nitrogens with zero attached hydrogens (tertiary/aromatic N) is 3. The summed E-state index contributed by atoms with van der Waals surface area (Å²) in [5.41, 5.74) is -0.655. The first-order chi connectivity index (χ1) is 12.5. The number of amides is 1. The zero-order valence-electron chi connectivity index (χ0n) is 13.6. The van der Waals surface area contributed by atoms with Gasteiger partial charge in [0, 0.05) is 18.4 Å². The Bertz CT molecular complexity index is 1040. The molecule has 1 amide bonds. The van der Waals surface area contributed by atoms with Gasteiger partial charge in [0.25, 0.3) is 5.56 Å². The Hall–Kier alpha value is -3.07. The lowest BCUT2D eigenvalue weighted by molar-refractivity contribution is -0.127. The van der Waals surface area contributed by atoms with Crippen LogP contribution in [0.4, 0.5) is 4.39 Å². The summed E-state index contributed by atoms with van der Waals surface area (Å²) in [5.74, 6) is -0.843. The minimum atomic E-state index is -0.949. The number of H-pyrrole nitrogens is 1. The lowest BCUT2D eigenvalue weighted by Crippen LogP contribution is -2.57. The molecule has 1 aliphatic carbocycles. The largest absolute Gasteiger partial charge is 0.393 e. The third-order valence-electron chi connectivity index (χ3n) is 4.67. The number of rotatable bonds is 4. The standard InChI is InChI=1S/C17H16FN5O3/c18-13-4-2-1-3-12(13)17(5-10(24)6-17)22-14(25)8-23-15-11(7-21-23)16(26)20-9-19-15/h1-4,7,9-10,24H,5-6,8H2,(H,22,25)(H,19,20,26). The van der Waals surface area contributed by atoms with Crippen molar-refractivity contribution in [3.05, 3.63) is 58.5 Å². The summed E-state index contributed by atoms with van der Waals surface area (Å²) < 4.78 is 15.5. The first-order valence-corrected chi connectivity index (χ1v) is 8.12. The molecule has 4 rings (SSSR count). The van der Waals surface area contributed by atoms with Gasteiger partial charge in [0.05, 0.1) is 24.2 Å². The van der Waals surface area contributed by atoms with Crippen molar-refractivity contribution in [2.45, 2.75) is 31.0 Å². The van der Waals surface area contributed by atoms with Gasteiger partial charge >= 0.3 is 0 Å². The highest BCUT2D eigenvalue weighted by molar-refractivity contribution is 5.80. The maximum atomic E-state index is 14.2. The molecular weight excluding hydrogens is 341 g/mol. The van der Waals surface area contributed by atoms with Crippen LogP contribution in [0.1, 0.15) is 18.4 Å². The molecule has 134 valence electrons. The van der Waals surface area contributed by atoms with E-state index in [1.807, 2.05) is 0 Å². The van der Waals surface area contributed by atoms with Crippen molar-refractivity contribution < 1.29 is 14.3 Å². The third-order valence-corrected chi connectivity index (χ3v) is 4.67. The van der Waals surface area contributed by atoms with E-state index in [0.29, 0.717) is 5.56 Å². The number of benzene rings is 1. The lowest BCUT2D eigenvalue weighted by Gasteiger charge is -2.46. The van der Waals surface area contributed by atoms with Crippen LogP contribution in [0.3, 0.4) is 0 Å². The summed E-state index contributed by atoms with van der Waals surface area (Å²) in [7, 11) is 0. The molecule has 0 saturated heterocycles. The Morgan fingerprint density at radius 2 is 2.19 bits per heavy atom. The molecule has 0 radical (unpaired) electrons. The van der Waals surface area contributed by atoms with E-state index in [9.17, 15) is 19.1 Å². The molecule has 2 heterocycles. The zero-order chi connectivity index (χ0) is 18.3. The maximum Gasteiger partial charge on any atom is 0.261 e. The van der Waals surface area contributed by atoms with Gasteiger partial charge in [0.15, 0.2) is 5.65 Å². The number of carbonyl (C=O) groups is 1. The Morgan fingerprint density at radius 1 is 1.42 bits per heavy atom. The number of halogens is 1. The van der Waals surface area contributed by atoms with Crippen molar-refractivity contribution >= 4 is 16.9 Å². The quantitative estimate of drug-likeness (QED) is 0.627. The Morgan fingerprint density at radius 3 is 2.92 bits per heavy atom. The minimum Gasteiger partial charge on any atom is -0.393 e. The van der Waals surface area contributed by atoms with E-state index in [-0.39, 0.29) is 36.0 Å². The fourth-order valence-corrected chi connectivity index (χ4v) is 3.45. The fraction of sp³-hybridized carbons (Fsp3) is 0.294. The maximum absolute atomic E-state index is 14.2. The second-order valence-corrected chi connectivity index (χ2v) is 6.44. The number of aromatic amines is 1. The molecule has 26 heavy (non-hydrogen) atoms. The van der Waals surface area contributed by atoms with E-state index in [2.05, 4.69) is 20.4 Å². The van der Waals surface area contributed by atoms with E-state index < -0.39 is 23.4 Å². The first-order valence-electron chi connectivity index (χ1n) is 8.12. The highest BCUT2D eigenvalue weighted by Crippen LogP contribution is 2.42. The summed E-state index contributed by atoms with van der Waals surface area (Å²) in [4.78, 5) is 30.7. The molecule has 3 aromatic rings. The van der Waals surface area contributed by atoms with Gasteiger partial charge in [-0.15, -0.1) is 0 Å². The highest BCUT2D eigenvalue weighted by Gasteiger charge is 2.47. The monoisotopic (exact) mass is 357 g/mol. The van der Waals surface area contributed by atoms with E-state index >= 15 is 0 Å². The fourth-order valence-electron chi connectivity index (χ4n) is 3.45. The van der Waals surface area contributed by atoms with Gasteiger partial charge in [0.1, 0.15) is 17.7 Å². The molecule has 2 aromatic heterocycles. The Kier molecular flexibility index (Phi) is 3.80. The molecule has 3 N–H and O–H groups in total. The van der Waals surface area contributed by atoms with Crippen LogP contribution in [-0.2, 0) is 16.9 Å². The van der Waals surface area contributed by atoms with Crippen LogP contribution < -0.4 is 10.9 Å². The number of aromatic nitrogens is 4. The predicted molar refractivity (Wildman–Crippen MR) is 89.6 cm³/mol. The van der Waals surface area contributed by atoms with E-state index in [0.717, 1.165) is 0 Å². The number of hydrogen-bond acceptors (Lipinski definition) is 5. The van der Waals surface area contributed by atoms with Crippen LogP contribution in [0, 0.1) is 5.82 Å². The number of fused-ring (bicyclic) bond motifs is 1. The molecule has 0 atom stereocenters. The van der Waals surface area contributed by atoms with Gasteiger partial charge in [-0.1, -0.05) is 18.2 Å². The number of carbonyl (C=O) groups excluding carboxylic acids is 1. The molecule has 0 spiro atoms. The molecule has 0 aliphatic heterocycles. The smallest absolute Gasteiger partial charge is 0.261 e. The van der Waals surface area contributed by atoms with E-state index in [4.69, 9.17) is 0 Å².